The Hall–Kier alpha value is -1.65. The third-order valence-corrected chi connectivity index (χ3v) is 3.21. The average Bonchev–Trinajstić information content (AvgIpc) is 2.96. The zero-order chi connectivity index (χ0) is 14.4. The van der Waals surface area contributed by atoms with E-state index in [1.165, 1.54) is 0 Å². The normalized spacial score (nSPS) is 14.2. The molecule has 0 saturated heterocycles. The molecule has 0 fully saturated rings. The summed E-state index contributed by atoms with van der Waals surface area (Å²) < 4.78 is 11.4. The fourth-order valence-electron chi connectivity index (χ4n) is 2.11. The highest BCUT2D eigenvalue weighted by Gasteiger charge is 2.20. The first-order chi connectivity index (χ1) is 9.76. The minimum absolute atomic E-state index is 0.108. The van der Waals surface area contributed by atoms with E-state index in [0.717, 1.165) is 24.3 Å². The molecule has 1 heterocycles. The molecule has 108 valence electrons. The zero-order valence-electron chi connectivity index (χ0n) is 12.3. The molecule has 20 heavy (non-hydrogen) atoms. The van der Waals surface area contributed by atoms with Crippen LogP contribution in [-0.2, 0) is 4.74 Å². The topological polar surface area (TPSA) is 47.3 Å². The van der Waals surface area contributed by atoms with Crippen LogP contribution >= 0.6 is 0 Å². The fraction of sp³-hybridized carbons (Fsp3) is 0.438. The number of nitrogens with one attached hydrogen (secondary N) is 1. The van der Waals surface area contributed by atoms with Gasteiger partial charge in [0.2, 0.25) is 5.89 Å². The molecule has 4 heteroatoms. The van der Waals surface area contributed by atoms with Gasteiger partial charge in [0.15, 0.2) is 5.76 Å². The fourth-order valence-corrected chi connectivity index (χ4v) is 2.11. The number of nitrogens with zero attached hydrogens (tertiary/aromatic N) is 1. The Kier molecular flexibility index (Phi) is 5.32. The van der Waals surface area contributed by atoms with E-state index >= 15 is 0 Å². The van der Waals surface area contributed by atoms with E-state index in [9.17, 15) is 0 Å². The van der Waals surface area contributed by atoms with E-state index in [4.69, 9.17) is 9.15 Å². The van der Waals surface area contributed by atoms with Crippen molar-refractivity contribution in [2.45, 2.75) is 32.4 Å². The van der Waals surface area contributed by atoms with Crippen molar-refractivity contribution in [3.05, 3.63) is 53.7 Å². The maximum absolute atomic E-state index is 5.85. The number of oxazole rings is 1. The van der Waals surface area contributed by atoms with Crippen LogP contribution in [-0.4, -0.2) is 18.6 Å². The Morgan fingerprint density at radius 2 is 2.05 bits per heavy atom. The molecule has 0 aliphatic carbocycles. The maximum atomic E-state index is 5.85. The van der Waals surface area contributed by atoms with Crippen LogP contribution in [0.25, 0.3) is 0 Å². The second-order valence-electron chi connectivity index (χ2n) is 4.80. The Morgan fingerprint density at radius 3 is 2.70 bits per heavy atom. The first-order valence-corrected chi connectivity index (χ1v) is 7.03. The molecule has 0 radical (unpaired) electrons. The lowest BCUT2D eigenvalue weighted by Gasteiger charge is -2.13. The van der Waals surface area contributed by atoms with Gasteiger partial charge in [0.25, 0.3) is 0 Å². The van der Waals surface area contributed by atoms with Gasteiger partial charge in [-0.15, -0.1) is 0 Å². The standard InChI is InChI=1S/C16H22N2O2/c1-4-10-17-12(2)16-18-11-14(20-16)15(19-3)13-8-6-5-7-9-13/h5-9,11-12,15,17H,4,10H2,1-3H3. The molecule has 0 aliphatic rings. The largest absolute Gasteiger partial charge is 0.441 e. The first kappa shape index (κ1) is 14.8. The van der Waals surface area contributed by atoms with Crippen LogP contribution in [0.2, 0.25) is 0 Å². The minimum atomic E-state index is -0.212. The molecule has 2 atom stereocenters. The van der Waals surface area contributed by atoms with Crippen LogP contribution in [0.3, 0.4) is 0 Å². The summed E-state index contributed by atoms with van der Waals surface area (Å²) in [6.45, 7) is 5.14. The molecule has 0 aliphatic heterocycles. The number of aromatic nitrogens is 1. The molecule has 2 rings (SSSR count). The van der Waals surface area contributed by atoms with E-state index in [1.54, 1.807) is 13.3 Å². The molecule has 4 nitrogen and oxygen atoms in total. The van der Waals surface area contributed by atoms with Crippen LogP contribution < -0.4 is 5.32 Å². The van der Waals surface area contributed by atoms with Gasteiger partial charge in [-0.2, -0.15) is 0 Å². The number of hydrogen-bond donors (Lipinski definition) is 1. The van der Waals surface area contributed by atoms with Crippen LogP contribution in [0.15, 0.2) is 40.9 Å². The lowest BCUT2D eigenvalue weighted by molar-refractivity contribution is 0.114. The second kappa shape index (κ2) is 7.22. The summed E-state index contributed by atoms with van der Waals surface area (Å²) in [6, 6.07) is 10.1. The highest BCUT2D eigenvalue weighted by atomic mass is 16.5. The lowest BCUT2D eigenvalue weighted by Crippen LogP contribution is -2.19. The zero-order valence-corrected chi connectivity index (χ0v) is 12.3. The van der Waals surface area contributed by atoms with Crippen molar-refractivity contribution < 1.29 is 9.15 Å². The number of rotatable bonds is 7. The van der Waals surface area contributed by atoms with Crippen molar-refractivity contribution in [3.8, 4) is 0 Å². The van der Waals surface area contributed by atoms with Crippen LogP contribution in [0.4, 0.5) is 0 Å². The molecule has 0 saturated carbocycles. The predicted molar refractivity (Wildman–Crippen MR) is 78.5 cm³/mol. The molecule has 0 bridgehead atoms. The third-order valence-electron chi connectivity index (χ3n) is 3.21. The van der Waals surface area contributed by atoms with Gasteiger partial charge in [-0.1, -0.05) is 37.3 Å². The van der Waals surface area contributed by atoms with Gasteiger partial charge in [0, 0.05) is 7.11 Å². The van der Waals surface area contributed by atoms with E-state index in [-0.39, 0.29) is 12.1 Å². The Morgan fingerprint density at radius 1 is 1.30 bits per heavy atom. The quantitative estimate of drug-likeness (QED) is 0.839. The van der Waals surface area contributed by atoms with Gasteiger partial charge >= 0.3 is 0 Å². The van der Waals surface area contributed by atoms with Crippen molar-refractivity contribution in [3.63, 3.8) is 0 Å². The molecule has 0 spiro atoms. The van der Waals surface area contributed by atoms with Crippen LogP contribution in [0, 0.1) is 0 Å². The molecule has 0 amide bonds. The summed E-state index contributed by atoms with van der Waals surface area (Å²) >= 11 is 0. The Labute approximate surface area is 120 Å². The minimum Gasteiger partial charge on any atom is -0.441 e. The predicted octanol–water partition coefficient (Wildman–Crippen LogP) is 3.47. The molecule has 1 N–H and O–H groups in total. The van der Waals surface area contributed by atoms with Crippen molar-refractivity contribution in [2.75, 3.05) is 13.7 Å². The average molecular weight is 274 g/mol. The summed E-state index contributed by atoms with van der Waals surface area (Å²) in [4.78, 5) is 4.35. The molecule has 1 aromatic heterocycles. The van der Waals surface area contributed by atoms with E-state index < -0.39 is 0 Å². The lowest BCUT2D eigenvalue weighted by atomic mass is 10.1. The van der Waals surface area contributed by atoms with Crippen LogP contribution in [0.5, 0.6) is 0 Å². The molecular formula is C16H22N2O2. The van der Waals surface area contributed by atoms with Gasteiger partial charge in [0.05, 0.1) is 12.2 Å². The highest BCUT2D eigenvalue weighted by Crippen LogP contribution is 2.27. The SMILES string of the molecule is CCCNC(C)c1ncc(C(OC)c2ccccc2)o1. The van der Waals surface area contributed by atoms with Crippen molar-refractivity contribution in [2.24, 2.45) is 0 Å². The van der Waals surface area contributed by atoms with Crippen molar-refractivity contribution in [1.82, 2.24) is 10.3 Å². The van der Waals surface area contributed by atoms with Crippen molar-refractivity contribution >= 4 is 0 Å². The Bertz CT molecular complexity index is 510. The Balaban J connectivity index is 2.14. The van der Waals surface area contributed by atoms with Gasteiger partial charge in [-0.25, -0.2) is 4.98 Å². The monoisotopic (exact) mass is 274 g/mol. The second-order valence-corrected chi connectivity index (χ2v) is 4.80. The number of ether oxygens (including phenoxy) is 1. The molecule has 1 aromatic carbocycles. The highest BCUT2D eigenvalue weighted by molar-refractivity contribution is 5.24. The number of methoxy groups -OCH3 is 1. The smallest absolute Gasteiger partial charge is 0.211 e. The molecule has 2 unspecified atom stereocenters. The van der Waals surface area contributed by atoms with Gasteiger partial charge in [-0.05, 0) is 25.5 Å². The summed E-state index contributed by atoms with van der Waals surface area (Å²) in [5.41, 5.74) is 1.06. The van der Waals surface area contributed by atoms with E-state index in [0.29, 0.717) is 5.89 Å². The number of benzene rings is 1. The summed E-state index contributed by atoms with van der Waals surface area (Å²) in [6.07, 6.45) is 2.62. The summed E-state index contributed by atoms with van der Waals surface area (Å²) in [5.74, 6) is 1.44. The molecule has 2 aromatic rings. The summed E-state index contributed by atoms with van der Waals surface area (Å²) in [5, 5.41) is 3.36. The maximum Gasteiger partial charge on any atom is 0.211 e. The van der Waals surface area contributed by atoms with E-state index in [1.807, 2.05) is 30.3 Å². The van der Waals surface area contributed by atoms with Gasteiger partial charge in [-0.3, -0.25) is 0 Å². The van der Waals surface area contributed by atoms with Gasteiger partial charge in [0.1, 0.15) is 6.10 Å². The molecular weight excluding hydrogens is 252 g/mol. The van der Waals surface area contributed by atoms with Crippen LogP contribution in [0.1, 0.15) is 49.6 Å². The van der Waals surface area contributed by atoms with Crippen molar-refractivity contribution in [1.29, 1.82) is 0 Å². The first-order valence-electron chi connectivity index (χ1n) is 7.03. The third kappa shape index (κ3) is 3.46. The van der Waals surface area contributed by atoms with Gasteiger partial charge < -0.3 is 14.5 Å². The van der Waals surface area contributed by atoms with E-state index in [2.05, 4.69) is 24.1 Å². The number of hydrogen-bond acceptors (Lipinski definition) is 4. The summed E-state index contributed by atoms with van der Waals surface area (Å²) in [7, 11) is 1.68.